The fourth-order valence-electron chi connectivity index (χ4n) is 2.86. The van der Waals surface area contributed by atoms with Crippen LogP contribution in [0.15, 0.2) is 72.7 Å². The average Bonchev–Trinajstić information content (AvgIpc) is 3.06. The van der Waals surface area contributed by atoms with Crippen molar-refractivity contribution in [2.75, 3.05) is 5.32 Å². The number of nitrogens with one attached hydrogen (secondary N) is 1. The Bertz CT molecular complexity index is 916. The average molecular weight is 379 g/mol. The quantitative estimate of drug-likeness (QED) is 0.484. The van der Waals surface area contributed by atoms with Crippen LogP contribution >= 0.6 is 11.8 Å². The van der Waals surface area contributed by atoms with Crippen LogP contribution in [0.2, 0.25) is 0 Å². The Balaban J connectivity index is 1.88. The second-order valence-corrected chi connectivity index (χ2v) is 7.40. The highest BCUT2D eigenvalue weighted by Crippen LogP contribution is 2.35. The lowest BCUT2D eigenvalue weighted by molar-refractivity contribution is -0.115. The van der Waals surface area contributed by atoms with Crippen LogP contribution in [0.25, 0.3) is 0 Å². The SMILES string of the molecule is C=CCn1cnnc1SC(C(=O)Nc1cc(C)cc(C)c1)c1ccccc1. The second-order valence-electron chi connectivity index (χ2n) is 6.33. The van der Waals surface area contributed by atoms with Crippen molar-refractivity contribution in [3.8, 4) is 0 Å². The van der Waals surface area contributed by atoms with Gasteiger partial charge >= 0.3 is 0 Å². The van der Waals surface area contributed by atoms with Crippen molar-refractivity contribution >= 4 is 23.4 Å². The molecule has 3 rings (SSSR count). The van der Waals surface area contributed by atoms with E-state index in [1.165, 1.54) is 11.8 Å². The van der Waals surface area contributed by atoms with E-state index in [9.17, 15) is 4.79 Å². The van der Waals surface area contributed by atoms with Gasteiger partial charge in [0.2, 0.25) is 5.91 Å². The molecule has 1 atom stereocenters. The number of carbonyl (C=O) groups excluding carboxylic acids is 1. The van der Waals surface area contributed by atoms with E-state index >= 15 is 0 Å². The Morgan fingerprint density at radius 3 is 2.59 bits per heavy atom. The summed E-state index contributed by atoms with van der Waals surface area (Å²) in [6.07, 6.45) is 3.43. The van der Waals surface area contributed by atoms with Crippen molar-refractivity contribution in [1.29, 1.82) is 0 Å². The minimum Gasteiger partial charge on any atom is -0.325 e. The van der Waals surface area contributed by atoms with Gasteiger partial charge in [-0.1, -0.05) is 54.2 Å². The zero-order valence-electron chi connectivity index (χ0n) is 15.4. The lowest BCUT2D eigenvalue weighted by atomic mass is 10.1. The summed E-state index contributed by atoms with van der Waals surface area (Å²) in [4.78, 5) is 13.1. The third-order valence-electron chi connectivity index (χ3n) is 3.96. The van der Waals surface area contributed by atoms with Gasteiger partial charge in [0.25, 0.3) is 0 Å². The number of aryl methyl sites for hydroxylation is 2. The fraction of sp³-hybridized carbons (Fsp3) is 0.190. The maximum absolute atomic E-state index is 13.1. The lowest BCUT2D eigenvalue weighted by Gasteiger charge is -2.17. The molecule has 0 saturated carbocycles. The summed E-state index contributed by atoms with van der Waals surface area (Å²) in [6, 6.07) is 15.7. The molecule has 0 saturated heterocycles. The number of amides is 1. The molecule has 27 heavy (non-hydrogen) atoms. The number of hydrogen-bond donors (Lipinski definition) is 1. The second kappa shape index (κ2) is 8.68. The fourth-order valence-corrected chi connectivity index (χ4v) is 3.88. The van der Waals surface area contributed by atoms with Crippen LogP contribution in [-0.2, 0) is 11.3 Å². The molecule has 0 radical (unpaired) electrons. The molecule has 1 aromatic heterocycles. The maximum Gasteiger partial charge on any atom is 0.242 e. The van der Waals surface area contributed by atoms with Crippen molar-refractivity contribution in [1.82, 2.24) is 14.8 Å². The Hall–Kier alpha value is -2.86. The van der Waals surface area contributed by atoms with E-state index in [0.717, 1.165) is 22.4 Å². The van der Waals surface area contributed by atoms with Crippen LogP contribution in [0.4, 0.5) is 5.69 Å². The normalized spacial score (nSPS) is 11.8. The van der Waals surface area contributed by atoms with Gasteiger partial charge in [0.15, 0.2) is 5.16 Å². The van der Waals surface area contributed by atoms with Gasteiger partial charge in [-0.2, -0.15) is 0 Å². The summed E-state index contributed by atoms with van der Waals surface area (Å²) < 4.78 is 1.87. The molecule has 0 spiro atoms. The zero-order valence-corrected chi connectivity index (χ0v) is 16.2. The summed E-state index contributed by atoms with van der Waals surface area (Å²) in [5.74, 6) is -0.0932. The first kappa shape index (κ1) is 18.9. The van der Waals surface area contributed by atoms with Crippen LogP contribution in [0, 0.1) is 13.8 Å². The van der Waals surface area contributed by atoms with E-state index in [4.69, 9.17) is 0 Å². The van der Waals surface area contributed by atoms with Crippen molar-refractivity contribution < 1.29 is 4.79 Å². The minimum absolute atomic E-state index is 0.0932. The van der Waals surface area contributed by atoms with Crippen molar-refractivity contribution in [3.05, 3.63) is 84.2 Å². The van der Waals surface area contributed by atoms with Gasteiger partial charge in [0.1, 0.15) is 11.6 Å². The largest absolute Gasteiger partial charge is 0.325 e. The third-order valence-corrected chi connectivity index (χ3v) is 5.21. The molecule has 0 bridgehead atoms. The monoisotopic (exact) mass is 378 g/mol. The van der Waals surface area contributed by atoms with Gasteiger partial charge in [-0.05, 0) is 42.7 Å². The molecule has 0 aliphatic heterocycles. The number of hydrogen-bond acceptors (Lipinski definition) is 4. The van der Waals surface area contributed by atoms with Gasteiger partial charge in [0, 0.05) is 12.2 Å². The molecule has 5 nitrogen and oxygen atoms in total. The molecule has 138 valence electrons. The molecular formula is C21H22N4OS. The van der Waals surface area contributed by atoms with E-state index in [1.54, 1.807) is 12.4 Å². The lowest BCUT2D eigenvalue weighted by Crippen LogP contribution is -2.19. The van der Waals surface area contributed by atoms with Gasteiger partial charge in [-0.25, -0.2) is 0 Å². The summed E-state index contributed by atoms with van der Waals surface area (Å²) in [5.41, 5.74) is 3.93. The number of anilines is 1. The van der Waals surface area contributed by atoms with E-state index < -0.39 is 5.25 Å². The van der Waals surface area contributed by atoms with Crippen LogP contribution in [0.1, 0.15) is 21.9 Å². The van der Waals surface area contributed by atoms with Gasteiger partial charge < -0.3 is 9.88 Å². The zero-order chi connectivity index (χ0) is 19.2. The van der Waals surface area contributed by atoms with E-state index in [1.807, 2.05) is 60.9 Å². The number of nitrogens with zero attached hydrogens (tertiary/aromatic N) is 3. The maximum atomic E-state index is 13.1. The number of thioether (sulfide) groups is 1. The number of benzene rings is 2. The van der Waals surface area contributed by atoms with Gasteiger partial charge in [-0.15, -0.1) is 16.8 Å². The van der Waals surface area contributed by atoms with Crippen LogP contribution in [0.5, 0.6) is 0 Å². The first-order valence-electron chi connectivity index (χ1n) is 8.66. The summed E-state index contributed by atoms with van der Waals surface area (Å²) >= 11 is 1.38. The molecule has 1 heterocycles. The molecule has 2 aromatic carbocycles. The Morgan fingerprint density at radius 2 is 1.93 bits per heavy atom. The first-order chi connectivity index (χ1) is 13.1. The number of allylic oxidation sites excluding steroid dienone is 1. The highest BCUT2D eigenvalue weighted by atomic mass is 32.2. The first-order valence-corrected chi connectivity index (χ1v) is 9.54. The molecule has 1 unspecified atom stereocenters. The van der Waals surface area contributed by atoms with Crippen LogP contribution in [0.3, 0.4) is 0 Å². The van der Waals surface area contributed by atoms with Crippen molar-refractivity contribution in [2.45, 2.75) is 30.8 Å². The van der Waals surface area contributed by atoms with Crippen molar-refractivity contribution in [2.24, 2.45) is 0 Å². The summed E-state index contributed by atoms with van der Waals surface area (Å²) in [7, 11) is 0. The molecule has 1 amide bonds. The predicted octanol–water partition coefficient (Wildman–Crippen LogP) is 4.55. The van der Waals surface area contributed by atoms with Crippen LogP contribution in [-0.4, -0.2) is 20.7 Å². The summed E-state index contributed by atoms with van der Waals surface area (Å²) in [5, 5.41) is 11.4. The molecular weight excluding hydrogens is 356 g/mol. The number of rotatable bonds is 7. The summed E-state index contributed by atoms with van der Waals surface area (Å²) in [6.45, 7) is 8.38. The van der Waals surface area contributed by atoms with Gasteiger partial charge in [-0.3, -0.25) is 4.79 Å². The number of aromatic nitrogens is 3. The van der Waals surface area contributed by atoms with Gasteiger partial charge in [0.05, 0.1) is 0 Å². The molecule has 1 N–H and O–H groups in total. The van der Waals surface area contributed by atoms with Crippen LogP contribution < -0.4 is 5.32 Å². The Morgan fingerprint density at radius 1 is 1.22 bits per heavy atom. The standard InChI is InChI=1S/C21H22N4OS/c1-4-10-25-14-22-24-21(25)27-19(17-8-6-5-7-9-17)20(26)23-18-12-15(2)11-16(3)13-18/h4-9,11-14,19H,1,10H2,2-3H3,(H,23,26). The highest BCUT2D eigenvalue weighted by Gasteiger charge is 2.24. The Kier molecular flexibility index (Phi) is 6.08. The number of carbonyl (C=O) groups is 1. The molecule has 3 aromatic rings. The molecule has 0 fully saturated rings. The smallest absolute Gasteiger partial charge is 0.242 e. The molecule has 6 heteroatoms. The highest BCUT2D eigenvalue weighted by molar-refractivity contribution is 8.00. The molecule has 0 aliphatic rings. The minimum atomic E-state index is -0.445. The Labute approximate surface area is 163 Å². The van der Waals surface area contributed by atoms with E-state index in [-0.39, 0.29) is 5.91 Å². The molecule has 0 aliphatic carbocycles. The third kappa shape index (κ3) is 4.86. The predicted molar refractivity (Wildman–Crippen MR) is 110 cm³/mol. The van der Waals surface area contributed by atoms with Crippen molar-refractivity contribution in [3.63, 3.8) is 0 Å². The van der Waals surface area contributed by atoms with E-state index in [2.05, 4.69) is 28.2 Å². The van der Waals surface area contributed by atoms with E-state index in [0.29, 0.717) is 11.7 Å². The topological polar surface area (TPSA) is 59.8 Å².